The van der Waals surface area contributed by atoms with E-state index in [4.69, 9.17) is 11.0 Å². The first kappa shape index (κ1) is 12.1. The second-order valence-electron chi connectivity index (χ2n) is 5.12. The summed E-state index contributed by atoms with van der Waals surface area (Å²) in [5, 5.41) is 27.7. The summed E-state index contributed by atoms with van der Waals surface area (Å²) in [5.74, 6) is 0. The highest BCUT2D eigenvalue weighted by Crippen LogP contribution is 2.63. The largest absolute Gasteiger partial charge is 0.399 e. The quantitative estimate of drug-likeness (QED) is 0.665. The molecule has 82 valence electrons. The van der Waals surface area contributed by atoms with Crippen molar-refractivity contribution in [2.45, 2.75) is 27.7 Å². The van der Waals surface area contributed by atoms with Crippen molar-refractivity contribution < 1.29 is 0 Å². The molecule has 1 aliphatic carbocycles. The van der Waals surface area contributed by atoms with Crippen LogP contribution >= 0.6 is 0 Å². The van der Waals surface area contributed by atoms with Crippen LogP contribution in [0, 0.1) is 50.2 Å². The van der Waals surface area contributed by atoms with Gasteiger partial charge in [0.2, 0.25) is 0 Å². The van der Waals surface area contributed by atoms with Crippen LogP contribution in [0.4, 0.5) is 0 Å². The summed E-state index contributed by atoms with van der Waals surface area (Å²) in [6.45, 7) is 7.29. The highest BCUT2D eigenvalue weighted by molar-refractivity contribution is 5.52. The van der Waals surface area contributed by atoms with Crippen LogP contribution in [0.25, 0.3) is 0 Å². The predicted molar refractivity (Wildman–Crippen MR) is 58.0 cm³/mol. The summed E-state index contributed by atoms with van der Waals surface area (Å²) in [6.07, 6.45) is 0. The topological polar surface area (TPSA) is 97.4 Å². The molecule has 0 aliphatic heterocycles. The molecular weight excluding hydrogens is 200 g/mol. The number of hydrogen-bond acceptors (Lipinski definition) is 4. The maximum Gasteiger partial charge on any atom is 0.189 e. The highest BCUT2D eigenvalue weighted by Gasteiger charge is 2.64. The Morgan fingerprint density at radius 3 is 1.62 bits per heavy atom. The molecule has 1 aliphatic rings. The molecule has 0 aromatic heterocycles. The Kier molecular flexibility index (Phi) is 2.27. The van der Waals surface area contributed by atoms with Crippen molar-refractivity contribution in [1.29, 1.82) is 15.8 Å². The molecule has 4 heteroatoms. The predicted octanol–water partition coefficient (Wildman–Crippen LogP) is 1.82. The molecule has 0 atom stereocenters. The van der Waals surface area contributed by atoms with Gasteiger partial charge in [-0.2, -0.15) is 15.8 Å². The molecule has 0 fully saturated rings. The van der Waals surface area contributed by atoms with E-state index in [9.17, 15) is 10.5 Å². The number of rotatable bonds is 0. The van der Waals surface area contributed by atoms with Gasteiger partial charge in [-0.3, -0.25) is 0 Å². The van der Waals surface area contributed by atoms with Gasteiger partial charge in [0, 0.05) is 10.8 Å². The van der Waals surface area contributed by atoms with Crippen LogP contribution in [0.15, 0.2) is 11.3 Å². The van der Waals surface area contributed by atoms with Crippen LogP contribution in [-0.2, 0) is 0 Å². The van der Waals surface area contributed by atoms with E-state index in [2.05, 4.69) is 0 Å². The smallest absolute Gasteiger partial charge is 0.189 e. The van der Waals surface area contributed by atoms with Crippen LogP contribution in [0.1, 0.15) is 27.7 Å². The number of nitrogens with zero attached hydrogens (tertiary/aromatic N) is 3. The average molecular weight is 214 g/mol. The summed E-state index contributed by atoms with van der Waals surface area (Å²) in [7, 11) is 0. The Hall–Kier alpha value is -1.99. The third-order valence-corrected chi connectivity index (χ3v) is 4.25. The summed E-state index contributed by atoms with van der Waals surface area (Å²) in [4.78, 5) is 0. The van der Waals surface area contributed by atoms with Gasteiger partial charge < -0.3 is 5.73 Å². The zero-order valence-electron chi connectivity index (χ0n) is 9.92. The second-order valence-corrected chi connectivity index (χ2v) is 5.12. The van der Waals surface area contributed by atoms with Crippen LogP contribution < -0.4 is 5.73 Å². The first-order chi connectivity index (χ1) is 7.22. The fraction of sp³-hybridized carbons (Fsp3) is 0.583. The lowest BCUT2D eigenvalue weighted by Crippen LogP contribution is -2.42. The Morgan fingerprint density at radius 2 is 1.44 bits per heavy atom. The third kappa shape index (κ3) is 0.909. The number of nitriles is 3. The number of allylic oxidation sites excluding steroid dienone is 2. The molecule has 0 saturated carbocycles. The summed E-state index contributed by atoms with van der Waals surface area (Å²) >= 11 is 0. The van der Waals surface area contributed by atoms with Crippen LogP contribution in [0.3, 0.4) is 0 Å². The third-order valence-electron chi connectivity index (χ3n) is 4.25. The van der Waals surface area contributed by atoms with Gasteiger partial charge in [0.15, 0.2) is 5.41 Å². The van der Waals surface area contributed by atoms with E-state index in [1.807, 2.05) is 32.1 Å². The molecule has 0 aromatic carbocycles. The molecular formula is C12H14N4. The lowest BCUT2D eigenvalue weighted by Gasteiger charge is -2.40. The maximum absolute atomic E-state index is 9.27. The summed E-state index contributed by atoms with van der Waals surface area (Å²) in [6, 6.07) is 6.02. The minimum Gasteiger partial charge on any atom is -0.399 e. The van der Waals surface area contributed by atoms with E-state index in [0.29, 0.717) is 5.57 Å². The highest BCUT2D eigenvalue weighted by atomic mass is 14.8. The van der Waals surface area contributed by atoms with Gasteiger partial charge in [0.1, 0.15) is 0 Å². The monoisotopic (exact) mass is 214 g/mol. The fourth-order valence-corrected chi connectivity index (χ4v) is 2.27. The Morgan fingerprint density at radius 1 is 1.00 bits per heavy atom. The van der Waals surface area contributed by atoms with Gasteiger partial charge in [-0.1, -0.05) is 27.7 Å². The van der Waals surface area contributed by atoms with E-state index in [1.54, 1.807) is 13.8 Å². The molecule has 4 nitrogen and oxygen atoms in total. The molecule has 0 spiro atoms. The van der Waals surface area contributed by atoms with Gasteiger partial charge >= 0.3 is 0 Å². The number of nitrogens with two attached hydrogens (primary N) is 1. The fourth-order valence-electron chi connectivity index (χ4n) is 2.27. The van der Waals surface area contributed by atoms with Gasteiger partial charge in [-0.15, -0.1) is 0 Å². The molecule has 0 unspecified atom stereocenters. The number of hydrogen-bond donors (Lipinski definition) is 1. The van der Waals surface area contributed by atoms with Gasteiger partial charge in [-0.25, -0.2) is 0 Å². The van der Waals surface area contributed by atoms with Crippen molar-refractivity contribution in [3.63, 3.8) is 0 Å². The van der Waals surface area contributed by atoms with Crippen molar-refractivity contribution in [1.82, 2.24) is 0 Å². The zero-order chi connectivity index (χ0) is 12.8. The van der Waals surface area contributed by atoms with E-state index in [0.717, 1.165) is 0 Å². The van der Waals surface area contributed by atoms with Crippen LogP contribution in [0.2, 0.25) is 0 Å². The second kappa shape index (κ2) is 3.00. The molecule has 2 N–H and O–H groups in total. The molecule has 0 heterocycles. The SMILES string of the molecule is CC1(C)C(C#N)=C(N)C(C#N)(C#N)C1(C)C. The van der Waals surface area contributed by atoms with E-state index >= 15 is 0 Å². The van der Waals surface area contributed by atoms with Crippen molar-refractivity contribution >= 4 is 0 Å². The summed E-state index contributed by atoms with van der Waals surface area (Å²) < 4.78 is 0. The standard InChI is InChI=1S/C12H14N4/c1-10(2)8(5-13)9(16)12(6-14,7-15)11(10,3)4/h16H2,1-4H3. The van der Waals surface area contributed by atoms with Gasteiger partial charge in [0.25, 0.3) is 0 Å². The molecule has 0 amide bonds. The lowest BCUT2D eigenvalue weighted by molar-refractivity contribution is 0.111. The Bertz CT molecular complexity index is 475. The first-order valence-corrected chi connectivity index (χ1v) is 4.96. The lowest BCUT2D eigenvalue weighted by atomic mass is 9.58. The Labute approximate surface area is 95.6 Å². The van der Waals surface area contributed by atoms with E-state index < -0.39 is 16.2 Å². The van der Waals surface area contributed by atoms with E-state index in [-0.39, 0.29) is 5.70 Å². The molecule has 1 rings (SSSR count). The van der Waals surface area contributed by atoms with Crippen molar-refractivity contribution in [3.05, 3.63) is 11.3 Å². The molecule has 0 radical (unpaired) electrons. The minimum atomic E-state index is -1.42. The zero-order valence-corrected chi connectivity index (χ0v) is 9.92. The molecule has 0 saturated heterocycles. The molecule has 0 aromatic rings. The first-order valence-electron chi connectivity index (χ1n) is 4.96. The van der Waals surface area contributed by atoms with Crippen molar-refractivity contribution in [2.75, 3.05) is 0 Å². The van der Waals surface area contributed by atoms with Gasteiger partial charge in [-0.05, 0) is 0 Å². The molecule has 16 heavy (non-hydrogen) atoms. The van der Waals surface area contributed by atoms with Crippen molar-refractivity contribution in [3.8, 4) is 18.2 Å². The average Bonchev–Trinajstić information content (AvgIpc) is 2.30. The van der Waals surface area contributed by atoms with E-state index in [1.165, 1.54) is 0 Å². The summed E-state index contributed by atoms with van der Waals surface area (Å²) in [5.41, 5.74) is 3.61. The van der Waals surface area contributed by atoms with Crippen molar-refractivity contribution in [2.24, 2.45) is 22.0 Å². The minimum absolute atomic E-state index is 0.106. The molecule has 0 bridgehead atoms. The normalized spacial score (nSPS) is 24.3. The Balaban J connectivity index is 3.74. The van der Waals surface area contributed by atoms with Crippen LogP contribution in [0.5, 0.6) is 0 Å². The maximum atomic E-state index is 9.27. The van der Waals surface area contributed by atoms with Crippen LogP contribution in [-0.4, -0.2) is 0 Å². The van der Waals surface area contributed by atoms with Gasteiger partial charge in [0.05, 0.1) is 29.5 Å².